The average Bonchev–Trinajstić information content (AvgIpc) is 2.73. The van der Waals surface area contributed by atoms with Gasteiger partial charge in [0.2, 0.25) is 10.0 Å². The molecule has 1 aliphatic rings. The zero-order valence-electron chi connectivity index (χ0n) is 16.2. The zero-order valence-corrected chi connectivity index (χ0v) is 17.1. The van der Waals surface area contributed by atoms with Crippen LogP contribution in [0.2, 0.25) is 0 Å². The van der Waals surface area contributed by atoms with Crippen molar-refractivity contribution in [2.24, 2.45) is 0 Å². The normalized spacial score (nSPS) is 14.8. The van der Waals surface area contributed by atoms with E-state index >= 15 is 0 Å². The SMILES string of the molecule is Cc1cc(S(=O)(=O)N2CCOCC2)ccc1OCC(=O)Nc1cccc([N+](=O)[O-])c1. The number of rotatable bonds is 7. The van der Waals surface area contributed by atoms with E-state index in [4.69, 9.17) is 9.47 Å². The molecule has 1 aliphatic heterocycles. The Balaban J connectivity index is 1.62. The summed E-state index contributed by atoms with van der Waals surface area (Å²) in [4.78, 5) is 22.5. The molecule has 3 rings (SSSR count). The van der Waals surface area contributed by atoms with Gasteiger partial charge in [0.05, 0.1) is 23.0 Å². The van der Waals surface area contributed by atoms with E-state index in [1.165, 1.54) is 46.8 Å². The number of nitrogens with zero attached hydrogens (tertiary/aromatic N) is 2. The van der Waals surface area contributed by atoms with Crippen LogP contribution in [0.4, 0.5) is 11.4 Å². The molecule has 30 heavy (non-hydrogen) atoms. The van der Waals surface area contributed by atoms with E-state index in [0.29, 0.717) is 37.6 Å². The summed E-state index contributed by atoms with van der Waals surface area (Å²) >= 11 is 0. The number of benzene rings is 2. The number of anilines is 1. The molecule has 0 unspecified atom stereocenters. The molecule has 0 atom stereocenters. The highest BCUT2D eigenvalue weighted by Gasteiger charge is 2.26. The highest BCUT2D eigenvalue weighted by Crippen LogP contribution is 2.25. The van der Waals surface area contributed by atoms with E-state index in [1.54, 1.807) is 6.92 Å². The third-order valence-electron chi connectivity index (χ3n) is 4.45. The number of non-ortho nitro benzene ring substituents is 1. The molecule has 0 saturated carbocycles. The molecule has 10 nitrogen and oxygen atoms in total. The molecule has 0 bridgehead atoms. The number of aryl methyl sites for hydroxylation is 1. The number of sulfonamides is 1. The molecule has 160 valence electrons. The summed E-state index contributed by atoms with van der Waals surface area (Å²) in [6, 6.07) is 10.00. The minimum absolute atomic E-state index is 0.137. The molecule has 11 heteroatoms. The Morgan fingerprint density at radius 1 is 1.23 bits per heavy atom. The lowest BCUT2D eigenvalue weighted by molar-refractivity contribution is -0.384. The van der Waals surface area contributed by atoms with E-state index in [9.17, 15) is 23.3 Å². The lowest BCUT2D eigenvalue weighted by Crippen LogP contribution is -2.40. The van der Waals surface area contributed by atoms with Crippen molar-refractivity contribution in [2.75, 3.05) is 38.2 Å². The number of ether oxygens (including phenoxy) is 2. The van der Waals surface area contributed by atoms with Crippen molar-refractivity contribution in [3.63, 3.8) is 0 Å². The van der Waals surface area contributed by atoms with Crippen LogP contribution in [0.15, 0.2) is 47.4 Å². The zero-order chi connectivity index (χ0) is 21.7. The number of carbonyl (C=O) groups is 1. The van der Waals surface area contributed by atoms with Crippen LogP contribution in [0.3, 0.4) is 0 Å². The molecule has 1 heterocycles. The summed E-state index contributed by atoms with van der Waals surface area (Å²) in [5.41, 5.74) is 0.704. The summed E-state index contributed by atoms with van der Waals surface area (Å²) in [6.45, 7) is 2.68. The molecule has 2 aromatic rings. The number of nitro benzene ring substituents is 1. The molecule has 1 N–H and O–H groups in total. The fourth-order valence-electron chi connectivity index (χ4n) is 2.92. The van der Waals surface area contributed by atoms with Gasteiger partial charge in [-0.2, -0.15) is 4.31 Å². The summed E-state index contributed by atoms with van der Waals surface area (Å²) < 4.78 is 37.5. The van der Waals surface area contributed by atoms with E-state index in [-0.39, 0.29) is 22.9 Å². The van der Waals surface area contributed by atoms with Crippen molar-refractivity contribution in [1.82, 2.24) is 4.31 Å². The number of nitro groups is 1. The van der Waals surface area contributed by atoms with Crippen LogP contribution in [0.1, 0.15) is 5.56 Å². The first-order chi connectivity index (χ1) is 14.3. The lowest BCUT2D eigenvalue weighted by atomic mass is 10.2. The smallest absolute Gasteiger partial charge is 0.271 e. The van der Waals surface area contributed by atoms with Gasteiger partial charge in [0.15, 0.2) is 6.61 Å². The molecule has 0 radical (unpaired) electrons. The monoisotopic (exact) mass is 435 g/mol. The topological polar surface area (TPSA) is 128 Å². The molecule has 1 amide bonds. The van der Waals surface area contributed by atoms with Gasteiger partial charge in [0.1, 0.15) is 5.75 Å². The van der Waals surface area contributed by atoms with E-state index in [2.05, 4.69) is 5.32 Å². The highest BCUT2D eigenvalue weighted by atomic mass is 32.2. The highest BCUT2D eigenvalue weighted by molar-refractivity contribution is 7.89. The third kappa shape index (κ3) is 5.12. The molecule has 1 saturated heterocycles. The second-order valence-electron chi connectivity index (χ2n) is 6.59. The third-order valence-corrected chi connectivity index (χ3v) is 6.35. The predicted molar refractivity (Wildman–Crippen MR) is 108 cm³/mol. The van der Waals surface area contributed by atoms with Gasteiger partial charge in [-0.25, -0.2) is 8.42 Å². The minimum atomic E-state index is -3.62. The van der Waals surface area contributed by atoms with Crippen molar-refractivity contribution in [3.8, 4) is 5.75 Å². The first-order valence-corrected chi connectivity index (χ1v) is 10.6. The van der Waals surface area contributed by atoms with Crippen molar-refractivity contribution in [1.29, 1.82) is 0 Å². The molecule has 2 aromatic carbocycles. The van der Waals surface area contributed by atoms with Crippen molar-refractivity contribution < 1.29 is 27.6 Å². The van der Waals surface area contributed by atoms with Gasteiger partial charge < -0.3 is 14.8 Å². The summed E-state index contributed by atoms with van der Waals surface area (Å²) in [5.74, 6) is -0.134. The summed E-state index contributed by atoms with van der Waals surface area (Å²) in [6.07, 6.45) is 0. The van der Waals surface area contributed by atoms with Crippen LogP contribution in [0.5, 0.6) is 5.75 Å². The van der Waals surface area contributed by atoms with Gasteiger partial charge in [-0.15, -0.1) is 0 Å². The number of nitrogens with one attached hydrogen (secondary N) is 1. The quantitative estimate of drug-likeness (QED) is 0.520. The Morgan fingerprint density at radius 3 is 2.63 bits per heavy atom. The maximum Gasteiger partial charge on any atom is 0.271 e. The van der Waals surface area contributed by atoms with Crippen LogP contribution in [-0.4, -0.2) is 56.5 Å². The lowest BCUT2D eigenvalue weighted by Gasteiger charge is -2.26. The van der Waals surface area contributed by atoms with Crippen LogP contribution in [0, 0.1) is 17.0 Å². The number of hydrogen-bond donors (Lipinski definition) is 1. The van der Waals surface area contributed by atoms with Gasteiger partial charge >= 0.3 is 0 Å². The largest absolute Gasteiger partial charge is 0.483 e. The van der Waals surface area contributed by atoms with Gasteiger partial charge in [0.25, 0.3) is 11.6 Å². The molecule has 0 spiro atoms. The van der Waals surface area contributed by atoms with E-state index in [0.717, 1.165) is 0 Å². The van der Waals surface area contributed by atoms with Gasteiger partial charge in [0, 0.05) is 30.9 Å². The Morgan fingerprint density at radius 2 is 1.97 bits per heavy atom. The van der Waals surface area contributed by atoms with Crippen LogP contribution in [-0.2, 0) is 19.6 Å². The van der Waals surface area contributed by atoms with Gasteiger partial charge in [-0.3, -0.25) is 14.9 Å². The second kappa shape index (κ2) is 9.20. The Labute approximate surface area is 173 Å². The van der Waals surface area contributed by atoms with E-state index in [1.807, 2.05) is 0 Å². The number of morpholine rings is 1. The Kier molecular flexibility index (Phi) is 6.65. The Bertz CT molecular complexity index is 1050. The van der Waals surface area contributed by atoms with Crippen molar-refractivity contribution in [2.45, 2.75) is 11.8 Å². The van der Waals surface area contributed by atoms with Gasteiger partial charge in [-0.05, 0) is 36.8 Å². The number of carbonyl (C=O) groups excluding carboxylic acids is 1. The Hall–Kier alpha value is -3.02. The molecule has 0 aromatic heterocycles. The first kappa shape index (κ1) is 21.7. The molecular formula is C19H21N3O7S. The maximum atomic E-state index is 12.7. The fourth-order valence-corrected chi connectivity index (χ4v) is 4.41. The van der Waals surface area contributed by atoms with Crippen LogP contribution < -0.4 is 10.1 Å². The molecule has 1 fully saturated rings. The summed E-state index contributed by atoms with van der Waals surface area (Å²) in [5, 5.41) is 13.3. The minimum Gasteiger partial charge on any atom is -0.483 e. The predicted octanol–water partition coefficient (Wildman–Crippen LogP) is 1.94. The number of hydrogen-bond acceptors (Lipinski definition) is 7. The van der Waals surface area contributed by atoms with Crippen LogP contribution in [0.25, 0.3) is 0 Å². The molecule has 0 aliphatic carbocycles. The van der Waals surface area contributed by atoms with Crippen molar-refractivity contribution >= 4 is 27.3 Å². The maximum absolute atomic E-state index is 12.7. The standard InChI is InChI=1S/C19H21N3O7S/c1-14-11-17(30(26,27)21-7-9-28-10-8-21)5-6-18(14)29-13-19(23)20-15-3-2-4-16(12-15)22(24)25/h2-6,11-12H,7-10,13H2,1H3,(H,20,23). The van der Waals surface area contributed by atoms with Crippen LogP contribution >= 0.6 is 0 Å². The fraction of sp³-hybridized carbons (Fsp3) is 0.316. The number of amides is 1. The average molecular weight is 435 g/mol. The van der Waals surface area contributed by atoms with Gasteiger partial charge in [-0.1, -0.05) is 6.07 Å². The second-order valence-corrected chi connectivity index (χ2v) is 8.53. The first-order valence-electron chi connectivity index (χ1n) is 9.13. The molecular weight excluding hydrogens is 414 g/mol. The van der Waals surface area contributed by atoms with E-state index < -0.39 is 20.9 Å². The summed E-state index contributed by atoms with van der Waals surface area (Å²) in [7, 11) is -3.62. The van der Waals surface area contributed by atoms with Crippen molar-refractivity contribution in [3.05, 3.63) is 58.1 Å².